The Hall–Kier alpha value is -1.60. The van der Waals surface area contributed by atoms with E-state index in [-0.39, 0.29) is 35.7 Å². The minimum atomic E-state index is -2.95. The highest BCUT2D eigenvalue weighted by Gasteiger charge is 2.19. The molecule has 0 spiro atoms. The molecular formula is C14H19ClF2N2O3. The fourth-order valence-corrected chi connectivity index (χ4v) is 2.28. The molecule has 22 heavy (non-hydrogen) atoms. The van der Waals surface area contributed by atoms with Crippen LogP contribution in [0.5, 0.6) is 11.5 Å². The van der Waals surface area contributed by atoms with Gasteiger partial charge in [0.2, 0.25) is 5.91 Å². The predicted octanol–water partition coefficient (Wildman–Crippen LogP) is 2.66. The summed E-state index contributed by atoms with van der Waals surface area (Å²) in [6.45, 7) is -1.25. The van der Waals surface area contributed by atoms with E-state index in [1.54, 1.807) is 0 Å². The van der Waals surface area contributed by atoms with Crippen molar-refractivity contribution in [3.05, 3.63) is 18.2 Å². The first kappa shape index (κ1) is 18.4. The van der Waals surface area contributed by atoms with Crippen molar-refractivity contribution in [3.8, 4) is 11.5 Å². The Morgan fingerprint density at radius 2 is 2.27 bits per heavy atom. The van der Waals surface area contributed by atoms with Crippen LogP contribution in [0.2, 0.25) is 0 Å². The van der Waals surface area contributed by atoms with E-state index in [2.05, 4.69) is 15.4 Å². The molecule has 0 aliphatic carbocycles. The lowest BCUT2D eigenvalue weighted by atomic mass is 10.0. The summed E-state index contributed by atoms with van der Waals surface area (Å²) < 4.78 is 34.2. The Morgan fingerprint density at radius 1 is 1.50 bits per heavy atom. The van der Waals surface area contributed by atoms with Crippen molar-refractivity contribution >= 4 is 24.0 Å². The van der Waals surface area contributed by atoms with Crippen LogP contribution in [-0.4, -0.2) is 32.7 Å². The Balaban J connectivity index is 0.00000242. The summed E-state index contributed by atoms with van der Waals surface area (Å²) in [5.74, 6) is 0.421. The first-order valence-electron chi connectivity index (χ1n) is 6.72. The number of anilines is 1. The molecule has 1 aliphatic heterocycles. The van der Waals surface area contributed by atoms with Gasteiger partial charge in [-0.25, -0.2) is 0 Å². The van der Waals surface area contributed by atoms with Gasteiger partial charge in [-0.2, -0.15) is 8.78 Å². The summed E-state index contributed by atoms with van der Waals surface area (Å²) >= 11 is 0. The van der Waals surface area contributed by atoms with Crippen LogP contribution < -0.4 is 20.1 Å². The molecule has 1 fully saturated rings. The number of alkyl halides is 2. The van der Waals surface area contributed by atoms with Crippen molar-refractivity contribution in [1.29, 1.82) is 0 Å². The molecule has 0 radical (unpaired) electrons. The lowest BCUT2D eigenvalue weighted by Gasteiger charge is -2.14. The highest BCUT2D eigenvalue weighted by molar-refractivity contribution is 5.92. The van der Waals surface area contributed by atoms with Crippen LogP contribution in [0.1, 0.15) is 12.8 Å². The average molecular weight is 337 g/mol. The lowest BCUT2D eigenvalue weighted by Crippen LogP contribution is -2.19. The van der Waals surface area contributed by atoms with Crippen LogP contribution in [0.25, 0.3) is 0 Å². The standard InChI is InChI=1S/C14H18F2N2O3.ClH/c1-20-10-2-3-12(21-14(15)16)11(7-10)18-13(19)6-9-4-5-17-8-9;/h2-3,7,9,14,17H,4-6,8H2,1H3,(H,18,19);1H. The number of methoxy groups -OCH3 is 1. The molecule has 0 bridgehead atoms. The summed E-state index contributed by atoms with van der Waals surface area (Å²) in [6, 6.07) is 4.30. The van der Waals surface area contributed by atoms with Crippen LogP contribution in [-0.2, 0) is 4.79 Å². The zero-order valence-electron chi connectivity index (χ0n) is 12.1. The largest absolute Gasteiger partial charge is 0.497 e. The Labute approximate surface area is 133 Å². The molecule has 2 rings (SSSR count). The first-order valence-corrected chi connectivity index (χ1v) is 6.72. The van der Waals surface area contributed by atoms with Gasteiger partial charge in [0.1, 0.15) is 11.5 Å². The molecule has 1 saturated heterocycles. The number of carbonyl (C=O) groups is 1. The molecule has 2 N–H and O–H groups in total. The molecule has 1 atom stereocenters. The maximum atomic E-state index is 12.4. The summed E-state index contributed by atoms with van der Waals surface area (Å²) in [6.07, 6.45) is 1.28. The number of hydrogen-bond acceptors (Lipinski definition) is 4. The van der Waals surface area contributed by atoms with E-state index in [1.165, 1.54) is 25.3 Å². The van der Waals surface area contributed by atoms with Crippen LogP contribution in [0.3, 0.4) is 0 Å². The highest BCUT2D eigenvalue weighted by Crippen LogP contribution is 2.30. The van der Waals surface area contributed by atoms with E-state index >= 15 is 0 Å². The molecule has 124 valence electrons. The Kier molecular flexibility index (Phi) is 7.34. The number of ether oxygens (including phenoxy) is 2. The second-order valence-corrected chi connectivity index (χ2v) is 4.85. The molecule has 1 aliphatic rings. The van der Waals surface area contributed by atoms with Gasteiger partial charge < -0.3 is 20.1 Å². The van der Waals surface area contributed by atoms with Crippen molar-refractivity contribution in [1.82, 2.24) is 5.32 Å². The van der Waals surface area contributed by atoms with E-state index in [4.69, 9.17) is 4.74 Å². The minimum absolute atomic E-state index is 0. The van der Waals surface area contributed by atoms with E-state index in [0.717, 1.165) is 19.5 Å². The van der Waals surface area contributed by atoms with Crippen LogP contribution in [0.4, 0.5) is 14.5 Å². The molecule has 5 nitrogen and oxygen atoms in total. The van der Waals surface area contributed by atoms with Gasteiger partial charge in [0, 0.05) is 12.5 Å². The lowest BCUT2D eigenvalue weighted by molar-refractivity contribution is -0.117. The van der Waals surface area contributed by atoms with Gasteiger partial charge in [-0.1, -0.05) is 0 Å². The topological polar surface area (TPSA) is 59.6 Å². The molecule has 0 aromatic heterocycles. The van der Waals surface area contributed by atoms with Crippen molar-refractivity contribution in [3.63, 3.8) is 0 Å². The monoisotopic (exact) mass is 336 g/mol. The normalized spacial score (nSPS) is 17.0. The third-order valence-corrected chi connectivity index (χ3v) is 3.31. The predicted molar refractivity (Wildman–Crippen MR) is 81.1 cm³/mol. The van der Waals surface area contributed by atoms with Gasteiger partial charge >= 0.3 is 6.61 Å². The summed E-state index contributed by atoms with van der Waals surface area (Å²) in [5.41, 5.74) is 0.186. The molecule has 8 heteroatoms. The van der Waals surface area contributed by atoms with Crippen molar-refractivity contribution in [2.75, 3.05) is 25.5 Å². The Morgan fingerprint density at radius 3 is 2.86 bits per heavy atom. The third kappa shape index (κ3) is 5.31. The molecule has 0 saturated carbocycles. The average Bonchev–Trinajstić information content (AvgIpc) is 2.93. The molecule has 1 heterocycles. The summed E-state index contributed by atoms with van der Waals surface area (Å²) in [7, 11) is 1.46. The summed E-state index contributed by atoms with van der Waals surface area (Å²) in [4.78, 5) is 12.0. The number of benzene rings is 1. The highest BCUT2D eigenvalue weighted by atomic mass is 35.5. The van der Waals surface area contributed by atoms with E-state index in [9.17, 15) is 13.6 Å². The SMILES string of the molecule is COc1ccc(OC(F)F)c(NC(=O)CC2CCNC2)c1.Cl. The fourth-order valence-electron chi connectivity index (χ4n) is 2.28. The number of nitrogens with one attached hydrogen (secondary N) is 2. The second-order valence-electron chi connectivity index (χ2n) is 4.85. The Bertz CT molecular complexity index is 497. The number of halogens is 3. The van der Waals surface area contributed by atoms with Crippen molar-refractivity contribution < 1.29 is 23.0 Å². The number of rotatable bonds is 6. The fraction of sp³-hybridized carbons (Fsp3) is 0.500. The summed E-state index contributed by atoms with van der Waals surface area (Å²) in [5, 5.41) is 5.79. The van der Waals surface area contributed by atoms with Crippen molar-refractivity contribution in [2.24, 2.45) is 5.92 Å². The van der Waals surface area contributed by atoms with Gasteiger partial charge in [-0.3, -0.25) is 4.79 Å². The van der Waals surface area contributed by atoms with E-state index < -0.39 is 6.61 Å². The van der Waals surface area contributed by atoms with E-state index in [0.29, 0.717) is 12.2 Å². The smallest absolute Gasteiger partial charge is 0.387 e. The van der Waals surface area contributed by atoms with Gasteiger partial charge in [-0.15, -0.1) is 12.4 Å². The van der Waals surface area contributed by atoms with Gasteiger partial charge in [0.15, 0.2) is 0 Å². The number of amides is 1. The van der Waals surface area contributed by atoms with E-state index in [1.807, 2.05) is 0 Å². The number of carbonyl (C=O) groups excluding carboxylic acids is 1. The van der Waals surface area contributed by atoms with Crippen LogP contribution >= 0.6 is 12.4 Å². The third-order valence-electron chi connectivity index (χ3n) is 3.31. The second kappa shape index (κ2) is 8.75. The maximum Gasteiger partial charge on any atom is 0.387 e. The van der Waals surface area contributed by atoms with Crippen LogP contribution in [0, 0.1) is 5.92 Å². The first-order chi connectivity index (χ1) is 10.1. The minimum Gasteiger partial charge on any atom is -0.497 e. The van der Waals surface area contributed by atoms with Crippen LogP contribution in [0.15, 0.2) is 18.2 Å². The number of hydrogen-bond donors (Lipinski definition) is 2. The molecule has 1 unspecified atom stereocenters. The maximum absolute atomic E-state index is 12.4. The molecule has 1 amide bonds. The molecule has 1 aromatic rings. The van der Waals surface area contributed by atoms with Gasteiger partial charge in [0.25, 0.3) is 0 Å². The molecule has 1 aromatic carbocycles. The van der Waals surface area contributed by atoms with Crippen molar-refractivity contribution in [2.45, 2.75) is 19.5 Å². The zero-order chi connectivity index (χ0) is 15.2. The van der Waals surface area contributed by atoms with Gasteiger partial charge in [-0.05, 0) is 37.6 Å². The zero-order valence-corrected chi connectivity index (χ0v) is 12.9. The van der Waals surface area contributed by atoms with Gasteiger partial charge in [0.05, 0.1) is 12.8 Å². The quantitative estimate of drug-likeness (QED) is 0.838. The molecular weight excluding hydrogens is 318 g/mol.